The molecule has 3 aromatic rings. The van der Waals surface area contributed by atoms with Crippen molar-refractivity contribution in [2.45, 2.75) is 25.3 Å². The summed E-state index contributed by atoms with van der Waals surface area (Å²) in [5, 5.41) is 0. The summed E-state index contributed by atoms with van der Waals surface area (Å²) in [6.45, 7) is 2.56. The zero-order valence-electron chi connectivity index (χ0n) is 15.9. The number of anilines is 2. The number of rotatable bonds is 3. The minimum Gasteiger partial charge on any atom is -0.399 e. The van der Waals surface area contributed by atoms with Gasteiger partial charge in [0.25, 0.3) is 0 Å². The Labute approximate surface area is 165 Å². The first-order valence-electron chi connectivity index (χ1n) is 9.38. The maximum absolute atomic E-state index is 13.4. The summed E-state index contributed by atoms with van der Waals surface area (Å²) in [5.74, 6) is 6.46. The zero-order chi connectivity index (χ0) is 19.6. The molecule has 1 aliphatic rings. The Morgan fingerprint density at radius 3 is 2.50 bits per heavy atom. The molecule has 0 bridgehead atoms. The van der Waals surface area contributed by atoms with Crippen molar-refractivity contribution in [3.63, 3.8) is 0 Å². The summed E-state index contributed by atoms with van der Waals surface area (Å²) in [4.78, 5) is 15.3. The number of para-hydroxylation sites is 1. The maximum atomic E-state index is 13.4. The topological polar surface area (TPSA) is 46.3 Å². The number of amides is 1. The Kier molecular flexibility index (Phi) is 4.63. The van der Waals surface area contributed by atoms with Gasteiger partial charge in [-0.2, -0.15) is 0 Å². The van der Waals surface area contributed by atoms with Crippen LogP contribution in [0.3, 0.4) is 0 Å². The second kappa shape index (κ2) is 7.25. The molecular weight excluding hydrogens is 344 g/mol. The molecule has 0 saturated carbocycles. The number of carbonyl (C=O) groups excluding carboxylic acids is 1. The number of fused-ring (bicyclic) bond motifs is 1. The van der Waals surface area contributed by atoms with Crippen LogP contribution in [0.25, 0.3) is 0 Å². The molecule has 3 aromatic carbocycles. The molecule has 4 rings (SSSR count). The fourth-order valence-electron chi connectivity index (χ4n) is 3.73. The molecule has 0 saturated heterocycles. The molecule has 0 aromatic heterocycles. The van der Waals surface area contributed by atoms with Crippen molar-refractivity contribution >= 4 is 17.3 Å². The van der Waals surface area contributed by atoms with E-state index < -0.39 is 5.41 Å². The molecule has 2 N–H and O–H groups in total. The van der Waals surface area contributed by atoms with Crippen molar-refractivity contribution in [1.29, 1.82) is 0 Å². The van der Waals surface area contributed by atoms with E-state index in [9.17, 15) is 4.79 Å². The van der Waals surface area contributed by atoms with Gasteiger partial charge in [0.1, 0.15) is 0 Å². The lowest BCUT2D eigenvalue weighted by Gasteiger charge is -2.22. The predicted octanol–water partition coefficient (Wildman–Crippen LogP) is 4.52. The average molecular weight is 366 g/mol. The Morgan fingerprint density at radius 2 is 1.71 bits per heavy atom. The van der Waals surface area contributed by atoms with Crippen LogP contribution in [-0.2, 0) is 16.8 Å². The SMILES string of the molecule is CC1(CC#Cc2cccc(N)c2)C(=O)N(Cc2ccccc2)c2ccccc21. The quantitative estimate of drug-likeness (QED) is 0.547. The molecule has 28 heavy (non-hydrogen) atoms. The molecule has 0 radical (unpaired) electrons. The van der Waals surface area contributed by atoms with Gasteiger partial charge in [0.05, 0.1) is 12.0 Å². The van der Waals surface area contributed by atoms with Crippen molar-refractivity contribution in [2.75, 3.05) is 10.6 Å². The van der Waals surface area contributed by atoms with Crippen molar-refractivity contribution in [1.82, 2.24) is 0 Å². The standard InChI is InChI=1S/C25H22N2O/c1-25(16-8-12-19-11-7-13-21(26)17-19)22-14-5-6-15-23(22)27(24(25)28)18-20-9-3-2-4-10-20/h2-7,9-11,13-15,17H,16,18,26H2,1H3. The molecule has 0 spiro atoms. The second-order valence-corrected chi connectivity index (χ2v) is 7.33. The smallest absolute Gasteiger partial charge is 0.238 e. The Morgan fingerprint density at radius 1 is 0.964 bits per heavy atom. The Balaban J connectivity index is 1.64. The normalized spacial score (nSPS) is 17.8. The van der Waals surface area contributed by atoms with E-state index in [1.165, 1.54) is 0 Å². The Hall–Kier alpha value is -3.51. The highest BCUT2D eigenvalue weighted by atomic mass is 16.2. The van der Waals surface area contributed by atoms with Gasteiger partial charge in [-0.3, -0.25) is 4.79 Å². The van der Waals surface area contributed by atoms with Crippen molar-refractivity contribution < 1.29 is 4.79 Å². The molecule has 1 unspecified atom stereocenters. The summed E-state index contributed by atoms with van der Waals surface area (Å²) in [6, 6.07) is 25.6. The summed E-state index contributed by atoms with van der Waals surface area (Å²) < 4.78 is 0. The van der Waals surface area contributed by atoms with Gasteiger partial charge < -0.3 is 10.6 Å². The third-order valence-corrected chi connectivity index (χ3v) is 5.25. The third kappa shape index (κ3) is 3.25. The lowest BCUT2D eigenvalue weighted by Crippen LogP contribution is -2.37. The van der Waals surface area contributed by atoms with Crippen LogP contribution in [-0.4, -0.2) is 5.91 Å². The molecule has 0 fully saturated rings. The first-order chi connectivity index (χ1) is 13.6. The number of hydrogen-bond donors (Lipinski definition) is 1. The van der Waals surface area contributed by atoms with Gasteiger partial charge in [0.15, 0.2) is 0 Å². The largest absolute Gasteiger partial charge is 0.399 e. The first-order valence-corrected chi connectivity index (χ1v) is 9.38. The van der Waals surface area contributed by atoms with Crippen molar-refractivity contribution in [3.05, 3.63) is 95.6 Å². The second-order valence-electron chi connectivity index (χ2n) is 7.33. The summed E-state index contributed by atoms with van der Waals surface area (Å²) in [5.41, 5.74) is 9.85. The van der Waals surface area contributed by atoms with E-state index in [0.717, 1.165) is 22.4 Å². The highest BCUT2D eigenvalue weighted by Crippen LogP contribution is 2.44. The van der Waals surface area contributed by atoms with Crippen LogP contribution >= 0.6 is 0 Å². The van der Waals surface area contributed by atoms with Crippen LogP contribution in [0.4, 0.5) is 11.4 Å². The van der Waals surface area contributed by atoms with Gasteiger partial charge in [-0.25, -0.2) is 0 Å². The van der Waals surface area contributed by atoms with Crippen LogP contribution in [0.1, 0.15) is 30.0 Å². The van der Waals surface area contributed by atoms with Gasteiger partial charge in [0, 0.05) is 23.4 Å². The van der Waals surface area contributed by atoms with Gasteiger partial charge in [0.2, 0.25) is 5.91 Å². The summed E-state index contributed by atoms with van der Waals surface area (Å²) in [7, 11) is 0. The number of hydrogen-bond acceptors (Lipinski definition) is 2. The van der Waals surface area contributed by atoms with Gasteiger partial charge in [-0.15, -0.1) is 0 Å². The number of nitrogen functional groups attached to an aromatic ring is 1. The van der Waals surface area contributed by atoms with E-state index in [2.05, 4.69) is 11.8 Å². The molecule has 3 nitrogen and oxygen atoms in total. The lowest BCUT2D eigenvalue weighted by molar-refractivity contribution is -0.122. The van der Waals surface area contributed by atoms with Gasteiger partial charge in [-0.1, -0.05) is 66.4 Å². The predicted molar refractivity (Wildman–Crippen MR) is 114 cm³/mol. The minimum atomic E-state index is -0.654. The van der Waals surface area contributed by atoms with Crippen LogP contribution in [0.2, 0.25) is 0 Å². The average Bonchev–Trinajstić information content (AvgIpc) is 2.91. The Bertz CT molecular complexity index is 1080. The van der Waals surface area contributed by atoms with Gasteiger partial charge >= 0.3 is 0 Å². The zero-order valence-corrected chi connectivity index (χ0v) is 15.9. The third-order valence-electron chi connectivity index (χ3n) is 5.25. The fourth-order valence-corrected chi connectivity index (χ4v) is 3.73. The molecular formula is C25H22N2O. The van der Waals surface area contributed by atoms with Gasteiger partial charge in [-0.05, 0) is 42.3 Å². The van der Waals surface area contributed by atoms with E-state index in [0.29, 0.717) is 18.7 Å². The summed E-state index contributed by atoms with van der Waals surface area (Å²) in [6.07, 6.45) is 0.461. The summed E-state index contributed by atoms with van der Waals surface area (Å²) >= 11 is 0. The van der Waals surface area contributed by atoms with Crippen LogP contribution in [0.5, 0.6) is 0 Å². The van der Waals surface area contributed by atoms with E-state index in [1.807, 2.05) is 90.7 Å². The highest BCUT2D eigenvalue weighted by molar-refractivity contribution is 6.08. The van der Waals surface area contributed by atoms with Crippen LogP contribution in [0, 0.1) is 11.8 Å². The first kappa shape index (κ1) is 17.9. The molecule has 1 amide bonds. The van der Waals surface area contributed by atoms with Crippen LogP contribution < -0.4 is 10.6 Å². The molecule has 1 heterocycles. The molecule has 1 atom stereocenters. The van der Waals surface area contributed by atoms with Crippen molar-refractivity contribution in [2.24, 2.45) is 0 Å². The molecule has 0 aliphatic carbocycles. The molecule has 138 valence electrons. The number of carbonyl (C=O) groups is 1. The number of benzene rings is 3. The monoisotopic (exact) mass is 366 g/mol. The van der Waals surface area contributed by atoms with E-state index in [1.54, 1.807) is 0 Å². The number of nitrogens with two attached hydrogens (primary N) is 1. The number of nitrogens with zero attached hydrogens (tertiary/aromatic N) is 1. The highest BCUT2D eigenvalue weighted by Gasteiger charge is 2.46. The fraction of sp³-hybridized carbons (Fsp3) is 0.160. The molecule has 3 heteroatoms. The van der Waals surface area contributed by atoms with E-state index in [4.69, 9.17) is 5.73 Å². The van der Waals surface area contributed by atoms with Crippen molar-refractivity contribution in [3.8, 4) is 11.8 Å². The molecule has 1 aliphatic heterocycles. The minimum absolute atomic E-state index is 0.0967. The lowest BCUT2D eigenvalue weighted by atomic mass is 9.81. The maximum Gasteiger partial charge on any atom is 0.238 e. The van der Waals surface area contributed by atoms with E-state index in [-0.39, 0.29) is 5.91 Å². The van der Waals surface area contributed by atoms with E-state index >= 15 is 0 Å². The van der Waals surface area contributed by atoms with Crippen LogP contribution in [0.15, 0.2) is 78.9 Å².